The number of rotatable bonds is 8. The smallest absolute Gasteiger partial charge is 0.355 e. The molecule has 0 radical (unpaired) electrons. The highest BCUT2D eigenvalue weighted by atomic mass is 16.5. The topological polar surface area (TPSA) is 77.6 Å². The summed E-state index contributed by atoms with van der Waals surface area (Å²) in [6.07, 6.45) is 1.44. The van der Waals surface area contributed by atoms with E-state index in [-0.39, 0.29) is 18.3 Å². The highest BCUT2D eigenvalue weighted by Crippen LogP contribution is 2.37. The first-order valence-corrected chi connectivity index (χ1v) is 11.3. The fraction of sp³-hybridized carbons (Fsp3) is 0.333. The molecule has 0 saturated carbocycles. The summed E-state index contributed by atoms with van der Waals surface area (Å²) in [5.41, 5.74) is 4.44. The molecule has 0 unspecified atom stereocenters. The molecule has 0 fully saturated rings. The standard InChI is InChI=1S/C27H29NO5/c1-4-32-20-12-10-17(11-13-20)19-15-22-25(23(29)16-19)21(26(28-22)27(30)33-5-2)14-18-8-6-7-9-24(18)31-3/h6-13,19,28H,4-5,14-16H2,1-3H3/t19-/m0/s1. The van der Waals surface area contributed by atoms with Crippen molar-refractivity contribution >= 4 is 11.8 Å². The van der Waals surface area contributed by atoms with Gasteiger partial charge in [-0.25, -0.2) is 4.79 Å². The van der Waals surface area contributed by atoms with Gasteiger partial charge < -0.3 is 19.2 Å². The number of hydrogen-bond donors (Lipinski definition) is 1. The predicted octanol–water partition coefficient (Wildman–Crippen LogP) is 5.10. The minimum absolute atomic E-state index is 0.0341. The number of fused-ring (bicyclic) bond motifs is 1. The third-order valence-corrected chi connectivity index (χ3v) is 6.04. The molecule has 0 saturated heterocycles. The molecule has 172 valence electrons. The van der Waals surface area contributed by atoms with E-state index in [1.165, 1.54) is 0 Å². The first kappa shape index (κ1) is 22.6. The molecule has 6 nitrogen and oxygen atoms in total. The summed E-state index contributed by atoms with van der Waals surface area (Å²) < 4.78 is 16.3. The van der Waals surface area contributed by atoms with Crippen LogP contribution in [0.15, 0.2) is 48.5 Å². The Hall–Kier alpha value is -3.54. The number of carbonyl (C=O) groups is 2. The zero-order valence-electron chi connectivity index (χ0n) is 19.3. The number of aromatic amines is 1. The van der Waals surface area contributed by atoms with Crippen LogP contribution in [0.25, 0.3) is 0 Å². The second kappa shape index (κ2) is 9.94. The first-order chi connectivity index (χ1) is 16.0. The zero-order valence-corrected chi connectivity index (χ0v) is 19.3. The number of ketones is 1. The molecular weight excluding hydrogens is 418 g/mol. The number of Topliss-reactive ketones (excluding diaryl/α,β-unsaturated/α-hetero) is 1. The Balaban J connectivity index is 1.71. The summed E-state index contributed by atoms with van der Waals surface area (Å²) in [7, 11) is 1.62. The molecule has 0 spiro atoms. The van der Waals surface area contributed by atoms with Crippen molar-refractivity contribution in [1.82, 2.24) is 4.98 Å². The summed E-state index contributed by atoms with van der Waals surface area (Å²) in [6, 6.07) is 15.5. The van der Waals surface area contributed by atoms with Gasteiger partial charge in [0.15, 0.2) is 5.78 Å². The second-order valence-corrected chi connectivity index (χ2v) is 8.07. The van der Waals surface area contributed by atoms with Crippen LogP contribution in [-0.2, 0) is 17.6 Å². The van der Waals surface area contributed by atoms with E-state index in [0.29, 0.717) is 42.7 Å². The summed E-state index contributed by atoms with van der Waals surface area (Å²) in [5.74, 6) is 1.16. The Morgan fingerprint density at radius 3 is 2.48 bits per heavy atom. The fourth-order valence-corrected chi connectivity index (χ4v) is 4.56. The Bertz CT molecular complexity index is 1150. The lowest BCUT2D eigenvalue weighted by Gasteiger charge is -2.22. The van der Waals surface area contributed by atoms with Gasteiger partial charge in [-0.2, -0.15) is 0 Å². The van der Waals surface area contributed by atoms with Gasteiger partial charge in [0.05, 0.1) is 20.3 Å². The van der Waals surface area contributed by atoms with E-state index in [9.17, 15) is 9.59 Å². The first-order valence-electron chi connectivity index (χ1n) is 11.3. The van der Waals surface area contributed by atoms with Crippen molar-refractivity contribution in [2.24, 2.45) is 0 Å². The Morgan fingerprint density at radius 2 is 1.79 bits per heavy atom. The van der Waals surface area contributed by atoms with Gasteiger partial charge in [-0.1, -0.05) is 30.3 Å². The van der Waals surface area contributed by atoms with Gasteiger partial charge in [0.2, 0.25) is 0 Å². The molecule has 1 aliphatic rings. The summed E-state index contributed by atoms with van der Waals surface area (Å²) >= 11 is 0. The minimum Gasteiger partial charge on any atom is -0.496 e. The Kier molecular flexibility index (Phi) is 6.82. The number of hydrogen-bond acceptors (Lipinski definition) is 5. The van der Waals surface area contributed by atoms with E-state index in [0.717, 1.165) is 28.3 Å². The molecule has 1 aromatic heterocycles. The maximum Gasteiger partial charge on any atom is 0.355 e. The highest BCUT2D eigenvalue weighted by molar-refractivity contribution is 6.04. The maximum atomic E-state index is 13.4. The molecule has 1 atom stereocenters. The molecule has 1 N–H and O–H groups in total. The van der Waals surface area contributed by atoms with Gasteiger partial charge in [0.1, 0.15) is 17.2 Å². The van der Waals surface area contributed by atoms with Crippen LogP contribution in [0.1, 0.15) is 69.4 Å². The van der Waals surface area contributed by atoms with Gasteiger partial charge >= 0.3 is 5.97 Å². The van der Waals surface area contributed by atoms with E-state index in [1.807, 2.05) is 55.5 Å². The average Bonchev–Trinajstić information content (AvgIpc) is 3.19. The van der Waals surface area contributed by atoms with Crippen LogP contribution in [0.3, 0.4) is 0 Å². The third-order valence-electron chi connectivity index (χ3n) is 6.04. The van der Waals surface area contributed by atoms with E-state index in [2.05, 4.69) is 4.98 Å². The maximum absolute atomic E-state index is 13.4. The van der Waals surface area contributed by atoms with Gasteiger partial charge in [-0.3, -0.25) is 4.79 Å². The third kappa shape index (κ3) is 4.65. The lowest BCUT2D eigenvalue weighted by Crippen LogP contribution is -2.19. The summed E-state index contributed by atoms with van der Waals surface area (Å²) in [4.78, 5) is 29.4. The predicted molar refractivity (Wildman–Crippen MR) is 126 cm³/mol. The highest BCUT2D eigenvalue weighted by Gasteiger charge is 2.34. The average molecular weight is 448 g/mol. The van der Waals surface area contributed by atoms with Crippen LogP contribution in [0.5, 0.6) is 11.5 Å². The van der Waals surface area contributed by atoms with Crippen molar-refractivity contribution in [1.29, 1.82) is 0 Å². The summed E-state index contributed by atoms with van der Waals surface area (Å²) in [6.45, 7) is 4.59. The molecule has 2 aromatic carbocycles. The number of esters is 1. The number of ether oxygens (including phenoxy) is 3. The zero-order chi connectivity index (χ0) is 23.4. The molecule has 1 heterocycles. The molecule has 3 aromatic rings. The van der Waals surface area contributed by atoms with Crippen molar-refractivity contribution in [2.45, 2.75) is 39.0 Å². The van der Waals surface area contributed by atoms with E-state index >= 15 is 0 Å². The second-order valence-electron chi connectivity index (χ2n) is 8.07. The van der Waals surface area contributed by atoms with Crippen LogP contribution in [0.4, 0.5) is 0 Å². The number of para-hydroxylation sites is 1. The number of benzene rings is 2. The van der Waals surface area contributed by atoms with Crippen molar-refractivity contribution in [3.63, 3.8) is 0 Å². The van der Waals surface area contributed by atoms with E-state index < -0.39 is 5.97 Å². The molecule has 0 amide bonds. The number of aromatic nitrogens is 1. The Morgan fingerprint density at radius 1 is 1.03 bits per heavy atom. The quantitative estimate of drug-likeness (QED) is 0.486. The van der Waals surface area contributed by atoms with Crippen LogP contribution >= 0.6 is 0 Å². The van der Waals surface area contributed by atoms with E-state index in [1.54, 1.807) is 14.0 Å². The number of carbonyl (C=O) groups excluding carboxylic acids is 2. The lowest BCUT2D eigenvalue weighted by atomic mass is 9.80. The molecule has 4 rings (SSSR count). The molecule has 33 heavy (non-hydrogen) atoms. The van der Waals surface area contributed by atoms with Crippen LogP contribution in [-0.4, -0.2) is 37.1 Å². The van der Waals surface area contributed by atoms with Crippen molar-refractivity contribution in [2.75, 3.05) is 20.3 Å². The largest absolute Gasteiger partial charge is 0.496 e. The molecule has 0 aliphatic heterocycles. The number of nitrogens with one attached hydrogen (secondary N) is 1. The lowest BCUT2D eigenvalue weighted by molar-refractivity contribution is 0.0519. The number of methoxy groups -OCH3 is 1. The molecule has 0 bridgehead atoms. The van der Waals surface area contributed by atoms with Gasteiger partial charge in [-0.15, -0.1) is 0 Å². The van der Waals surface area contributed by atoms with Crippen molar-refractivity contribution in [3.8, 4) is 11.5 Å². The number of H-pyrrole nitrogens is 1. The van der Waals surface area contributed by atoms with Crippen LogP contribution in [0.2, 0.25) is 0 Å². The molecule has 6 heteroatoms. The van der Waals surface area contributed by atoms with Crippen LogP contribution < -0.4 is 9.47 Å². The van der Waals surface area contributed by atoms with Crippen molar-refractivity contribution in [3.05, 3.63) is 82.2 Å². The van der Waals surface area contributed by atoms with Crippen molar-refractivity contribution < 1.29 is 23.8 Å². The SMILES string of the molecule is CCOC(=O)c1[nH]c2c(c1Cc1ccccc1OC)C(=O)C[C@@H](c1ccc(OCC)cc1)C2. The van der Waals surface area contributed by atoms with Gasteiger partial charge in [0, 0.05) is 29.7 Å². The van der Waals surface area contributed by atoms with Gasteiger partial charge in [0.25, 0.3) is 0 Å². The molecule has 1 aliphatic carbocycles. The normalized spacial score (nSPS) is 15.1. The van der Waals surface area contributed by atoms with E-state index in [4.69, 9.17) is 14.2 Å². The Labute approximate surface area is 193 Å². The van der Waals surface area contributed by atoms with Gasteiger partial charge in [-0.05, 0) is 55.5 Å². The van der Waals surface area contributed by atoms with Crippen LogP contribution in [0, 0.1) is 0 Å². The molecular formula is C27H29NO5. The minimum atomic E-state index is -0.442. The monoisotopic (exact) mass is 447 g/mol. The summed E-state index contributed by atoms with van der Waals surface area (Å²) in [5, 5.41) is 0. The fourth-order valence-electron chi connectivity index (χ4n) is 4.56.